The summed E-state index contributed by atoms with van der Waals surface area (Å²) in [7, 11) is 1.90. The number of hydrogen-bond acceptors (Lipinski definition) is 6. The minimum absolute atomic E-state index is 0.191. The molecular formula is C19H21ClN4OS. The molecule has 2 unspecified atom stereocenters. The smallest absolute Gasteiger partial charge is 0.182 e. The quantitative estimate of drug-likeness (QED) is 0.655. The molecule has 0 radical (unpaired) electrons. The van der Waals surface area contributed by atoms with Gasteiger partial charge in [-0.05, 0) is 36.6 Å². The highest BCUT2D eigenvalue weighted by atomic mass is 35.5. The Morgan fingerprint density at radius 3 is 3.04 bits per heavy atom. The van der Waals surface area contributed by atoms with Gasteiger partial charge in [-0.25, -0.2) is 9.97 Å². The molecule has 2 atom stereocenters. The number of anilines is 1. The number of benzene rings is 1. The topological polar surface area (TPSA) is 50.3 Å². The van der Waals surface area contributed by atoms with E-state index in [1.807, 2.05) is 37.5 Å². The Morgan fingerprint density at radius 2 is 2.23 bits per heavy atom. The highest BCUT2D eigenvalue weighted by Gasteiger charge is 2.30. The molecule has 3 heterocycles. The lowest BCUT2D eigenvalue weighted by molar-refractivity contribution is 0.195. The summed E-state index contributed by atoms with van der Waals surface area (Å²) in [4.78, 5) is 12.2. The van der Waals surface area contributed by atoms with Crippen molar-refractivity contribution < 1.29 is 4.74 Å². The predicted molar refractivity (Wildman–Crippen MR) is 107 cm³/mol. The number of ether oxygens (including phenoxy) is 1. The number of pyridine rings is 1. The van der Waals surface area contributed by atoms with Gasteiger partial charge in [0.15, 0.2) is 5.13 Å². The number of hydrogen-bond donors (Lipinski definition) is 1. The van der Waals surface area contributed by atoms with Gasteiger partial charge in [0.05, 0.1) is 0 Å². The van der Waals surface area contributed by atoms with E-state index in [-0.39, 0.29) is 6.10 Å². The fourth-order valence-corrected chi connectivity index (χ4v) is 4.45. The van der Waals surface area contributed by atoms with Crippen LogP contribution in [0.1, 0.15) is 18.2 Å². The van der Waals surface area contributed by atoms with Crippen LogP contribution in [0.5, 0.6) is 5.75 Å². The van der Waals surface area contributed by atoms with Crippen LogP contribution in [0.15, 0.2) is 36.7 Å². The highest BCUT2D eigenvalue weighted by Crippen LogP contribution is 2.29. The van der Waals surface area contributed by atoms with Crippen molar-refractivity contribution >= 4 is 38.8 Å². The first-order valence-corrected chi connectivity index (χ1v) is 9.89. The van der Waals surface area contributed by atoms with E-state index in [0.29, 0.717) is 11.2 Å². The normalized spacial score (nSPS) is 20.6. The average Bonchev–Trinajstić information content (AvgIpc) is 3.22. The van der Waals surface area contributed by atoms with Gasteiger partial charge in [0, 0.05) is 55.3 Å². The standard InChI is InChI=1S/C19H21ClN4OS/c1-12-7-15(10-24(12)11-16-9-23-19(21-2)26-16)25-14-3-4-17-13(8-14)5-6-22-18(17)20/h3-6,8-9,12,15H,7,10-11H2,1-2H3,(H,21,23). The molecule has 1 aliphatic heterocycles. The van der Waals surface area contributed by atoms with Crippen LogP contribution in [-0.4, -0.2) is 40.6 Å². The van der Waals surface area contributed by atoms with Gasteiger partial charge in [-0.1, -0.05) is 11.6 Å². The Hall–Kier alpha value is -1.89. The first kappa shape index (κ1) is 17.5. The van der Waals surface area contributed by atoms with Gasteiger partial charge < -0.3 is 10.1 Å². The predicted octanol–water partition coefficient (Wildman–Crippen LogP) is 4.43. The van der Waals surface area contributed by atoms with E-state index < -0.39 is 0 Å². The molecule has 1 fully saturated rings. The largest absolute Gasteiger partial charge is 0.489 e. The molecular weight excluding hydrogens is 368 g/mol. The van der Waals surface area contributed by atoms with Crippen LogP contribution < -0.4 is 10.1 Å². The van der Waals surface area contributed by atoms with Crippen molar-refractivity contribution in [1.29, 1.82) is 0 Å². The monoisotopic (exact) mass is 388 g/mol. The van der Waals surface area contributed by atoms with Crippen LogP contribution >= 0.6 is 22.9 Å². The summed E-state index contributed by atoms with van der Waals surface area (Å²) in [5.74, 6) is 0.883. The van der Waals surface area contributed by atoms with Crippen LogP contribution in [0.4, 0.5) is 5.13 Å². The van der Waals surface area contributed by atoms with Crippen LogP contribution in [0.2, 0.25) is 5.15 Å². The molecule has 4 rings (SSSR count). The maximum atomic E-state index is 6.26. The maximum Gasteiger partial charge on any atom is 0.182 e. The molecule has 0 amide bonds. The molecule has 0 bridgehead atoms. The molecule has 1 aliphatic rings. The summed E-state index contributed by atoms with van der Waals surface area (Å²) >= 11 is 7.85. The number of thiazole rings is 1. The number of likely N-dealkylation sites (tertiary alicyclic amines) is 1. The van der Waals surface area contributed by atoms with Crippen molar-refractivity contribution in [3.05, 3.63) is 46.7 Å². The van der Waals surface area contributed by atoms with Crippen LogP contribution in [-0.2, 0) is 6.54 Å². The first-order valence-electron chi connectivity index (χ1n) is 8.70. The lowest BCUT2D eigenvalue weighted by Gasteiger charge is -2.19. The molecule has 0 aliphatic carbocycles. The van der Waals surface area contributed by atoms with E-state index in [2.05, 4.69) is 27.1 Å². The molecule has 0 saturated carbocycles. The molecule has 7 heteroatoms. The van der Waals surface area contributed by atoms with Crippen molar-refractivity contribution in [3.63, 3.8) is 0 Å². The number of nitrogens with one attached hydrogen (secondary N) is 1. The first-order chi connectivity index (χ1) is 12.6. The van der Waals surface area contributed by atoms with E-state index in [4.69, 9.17) is 16.3 Å². The van der Waals surface area contributed by atoms with Gasteiger partial charge in [-0.2, -0.15) is 0 Å². The Labute approximate surface area is 162 Å². The van der Waals surface area contributed by atoms with Crippen molar-refractivity contribution in [2.45, 2.75) is 32.0 Å². The number of aromatic nitrogens is 2. The van der Waals surface area contributed by atoms with Gasteiger partial charge in [0.25, 0.3) is 0 Å². The molecule has 3 aromatic rings. The van der Waals surface area contributed by atoms with E-state index in [0.717, 1.165) is 41.2 Å². The fraction of sp³-hybridized carbons (Fsp3) is 0.368. The van der Waals surface area contributed by atoms with E-state index in [1.54, 1.807) is 17.5 Å². The SMILES string of the molecule is CNc1ncc(CN2CC(Oc3ccc4c(Cl)nccc4c3)CC2C)s1. The molecule has 5 nitrogen and oxygen atoms in total. The molecule has 0 spiro atoms. The summed E-state index contributed by atoms with van der Waals surface area (Å²) in [6, 6.07) is 8.44. The number of fused-ring (bicyclic) bond motifs is 1. The second-order valence-electron chi connectivity index (χ2n) is 6.62. The Kier molecular flexibility index (Phi) is 4.98. The molecule has 136 valence electrons. The zero-order chi connectivity index (χ0) is 18.1. The Bertz CT molecular complexity index is 915. The van der Waals surface area contributed by atoms with Crippen LogP contribution in [0, 0.1) is 0 Å². The number of rotatable bonds is 5. The summed E-state index contributed by atoms with van der Waals surface area (Å²) in [5.41, 5.74) is 0. The third kappa shape index (κ3) is 3.63. The molecule has 1 saturated heterocycles. The van der Waals surface area contributed by atoms with Crippen LogP contribution in [0.3, 0.4) is 0 Å². The minimum Gasteiger partial charge on any atom is -0.489 e. The van der Waals surface area contributed by atoms with Crippen molar-refractivity contribution in [2.24, 2.45) is 0 Å². The minimum atomic E-state index is 0.191. The van der Waals surface area contributed by atoms with Gasteiger partial charge in [-0.15, -0.1) is 11.3 Å². The van der Waals surface area contributed by atoms with Gasteiger partial charge in [-0.3, -0.25) is 4.90 Å². The fourth-order valence-electron chi connectivity index (χ4n) is 3.43. The van der Waals surface area contributed by atoms with Crippen LogP contribution in [0.25, 0.3) is 10.8 Å². The average molecular weight is 389 g/mol. The Morgan fingerprint density at radius 1 is 1.35 bits per heavy atom. The van der Waals surface area contributed by atoms with Crippen molar-refractivity contribution in [3.8, 4) is 5.75 Å². The van der Waals surface area contributed by atoms with E-state index >= 15 is 0 Å². The van der Waals surface area contributed by atoms with Gasteiger partial charge in [0.1, 0.15) is 17.0 Å². The zero-order valence-electron chi connectivity index (χ0n) is 14.8. The zero-order valence-corrected chi connectivity index (χ0v) is 16.3. The van der Waals surface area contributed by atoms with Gasteiger partial charge >= 0.3 is 0 Å². The molecule has 2 aromatic heterocycles. The highest BCUT2D eigenvalue weighted by molar-refractivity contribution is 7.15. The summed E-state index contributed by atoms with van der Waals surface area (Å²) in [5, 5.41) is 6.59. The Balaban J connectivity index is 1.43. The molecule has 1 aromatic carbocycles. The summed E-state index contributed by atoms with van der Waals surface area (Å²) in [6.07, 6.45) is 4.89. The number of halogens is 1. The van der Waals surface area contributed by atoms with Crippen molar-refractivity contribution in [2.75, 3.05) is 18.9 Å². The third-order valence-electron chi connectivity index (χ3n) is 4.78. The van der Waals surface area contributed by atoms with Crippen molar-refractivity contribution in [1.82, 2.24) is 14.9 Å². The molecule has 1 N–H and O–H groups in total. The third-order valence-corrected chi connectivity index (χ3v) is 6.08. The summed E-state index contributed by atoms with van der Waals surface area (Å²) in [6.45, 7) is 4.09. The van der Waals surface area contributed by atoms with E-state index in [1.165, 1.54) is 4.88 Å². The maximum absolute atomic E-state index is 6.26. The summed E-state index contributed by atoms with van der Waals surface area (Å²) < 4.78 is 6.26. The van der Waals surface area contributed by atoms with Gasteiger partial charge in [0.2, 0.25) is 0 Å². The second-order valence-corrected chi connectivity index (χ2v) is 8.09. The lowest BCUT2D eigenvalue weighted by atomic mass is 10.1. The number of nitrogens with zero attached hydrogens (tertiary/aromatic N) is 3. The lowest BCUT2D eigenvalue weighted by Crippen LogP contribution is -2.27. The van der Waals surface area contributed by atoms with E-state index in [9.17, 15) is 0 Å². The second kappa shape index (κ2) is 7.39. The molecule has 26 heavy (non-hydrogen) atoms.